The van der Waals surface area contributed by atoms with Crippen molar-refractivity contribution in [2.45, 2.75) is 0 Å². The molecule has 0 amide bonds. The van der Waals surface area contributed by atoms with Gasteiger partial charge in [0.2, 0.25) is 0 Å². The van der Waals surface area contributed by atoms with Gasteiger partial charge >= 0.3 is 0 Å². The first-order valence-corrected chi connectivity index (χ1v) is 14.2. The minimum Gasteiger partial charge on any atom is -0.454 e. The van der Waals surface area contributed by atoms with E-state index >= 15 is 0 Å². The van der Waals surface area contributed by atoms with E-state index in [1.165, 1.54) is 21.5 Å². The summed E-state index contributed by atoms with van der Waals surface area (Å²) in [5.41, 5.74) is 4.18. The second-order valence-electron chi connectivity index (χ2n) is 10.7. The summed E-state index contributed by atoms with van der Waals surface area (Å²) in [6.07, 6.45) is 3.57. The lowest BCUT2D eigenvalue weighted by Crippen LogP contribution is -2.01. The van der Waals surface area contributed by atoms with E-state index in [9.17, 15) is 0 Å². The molecule has 6 aromatic carbocycles. The zero-order valence-electron chi connectivity index (χ0n) is 22.9. The number of nitrogens with zero attached hydrogens (tertiary/aromatic N) is 4. The molecule has 0 bridgehead atoms. The van der Waals surface area contributed by atoms with Gasteiger partial charge in [0.25, 0.3) is 0 Å². The van der Waals surface area contributed by atoms with Gasteiger partial charge in [-0.3, -0.25) is 4.98 Å². The summed E-state index contributed by atoms with van der Waals surface area (Å²) < 4.78 is 6.16. The summed E-state index contributed by atoms with van der Waals surface area (Å²) in [5, 5.41) is 8.96. The van der Waals surface area contributed by atoms with Crippen LogP contribution in [0.4, 0.5) is 0 Å². The Hall–Kier alpha value is -5.94. The van der Waals surface area contributed by atoms with Crippen LogP contribution in [0.5, 0.6) is 0 Å². The van der Waals surface area contributed by atoms with Crippen LogP contribution in [-0.4, -0.2) is 19.9 Å². The first-order chi connectivity index (χ1) is 21.3. The molecule has 0 N–H and O–H groups in total. The van der Waals surface area contributed by atoms with Crippen LogP contribution in [0.2, 0.25) is 0 Å². The Morgan fingerprint density at radius 2 is 1.07 bits per heavy atom. The largest absolute Gasteiger partial charge is 0.454 e. The van der Waals surface area contributed by atoms with Crippen molar-refractivity contribution >= 4 is 54.3 Å². The van der Waals surface area contributed by atoms with Crippen molar-refractivity contribution in [3.8, 4) is 34.2 Å². The molecule has 200 valence electrons. The van der Waals surface area contributed by atoms with Gasteiger partial charge in [0.15, 0.2) is 23.1 Å². The highest BCUT2D eigenvalue weighted by Gasteiger charge is 2.20. The van der Waals surface area contributed by atoms with Crippen molar-refractivity contribution in [1.82, 2.24) is 19.9 Å². The highest BCUT2D eigenvalue weighted by Crippen LogP contribution is 2.39. The third kappa shape index (κ3) is 3.72. The lowest BCUT2D eigenvalue weighted by atomic mass is 9.93. The number of rotatable bonds is 3. The predicted molar refractivity (Wildman–Crippen MR) is 174 cm³/mol. The lowest BCUT2D eigenvalue weighted by molar-refractivity contribution is 0.667. The topological polar surface area (TPSA) is 64.7 Å². The standard InChI is InChI=1S/C38H22N4O/c1-2-11-24(12-3-1)36-40-37(42-38(41-36)32-21-39-22-34-35(32)29-16-8-9-17-33(29)43-34)31-20-30-25-13-5-4-10-23(25)18-19-28(30)26-14-6-7-15-27(26)31/h1-22H. The second-order valence-corrected chi connectivity index (χ2v) is 10.7. The van der Waals surface area contributed by atoms with Crippen molar-refractivity contribution in [2.75, 3.05) is 0 Å². The summed E-state index contributed by atoms with van der Waals surface area (Å²) in [5.74, 6) is 1.77. The van der Waals surface area contributed by atoms with Gasteiger partial charge < -0.3 is 4.42 Å². The quantitative estimate of drug-likeness (QED) is 0.205. The first kappa shape index (κ1) is 23.7. The number of hydrogen-bond acceptors (Lipinski definition) is 5. The molecule has 0 unspecified atom stereocenters. The van der Waals surface area contributed by atoms with E-state index in [1.54, 1.807) is 6.20 Å². The molecule has 0 aliphatic carbocycles. The van der Waals surface area contributed by atoms with Gasteiger partial charge in [0.1, 0.15) is 5.58 Å². The third-order valence-corrected chi connectivity index (χ3v) is 8.20. The maximum absolute atomic E-state index is 6.16. The molecule has 0 atom stereocenters. The fourth-order valence-corrected chi connectivity index (χ4v) is 6.23. The van der Waals surface area contributed by atoms with E-state index < -0.39 is 0 Å². The van der Waals surface area contributed by atoms with Crippen molar-refractivity contribution < 1.29 is 4.42 Å². The lowest BCUT2D eigenvalue weighted by Gasteiger charge is -2.14. The normalized spacial score (nSPS) is 11.7. The Kier molecular flexibility index (Phi) is 5.13. The van der Waals surface area contributed by atoms with Gasteiger partial charge in [0, 0.05) is 33.7 Å². The molecule has 9 rings (SSSR count). The Labute approximate surface area is 246 Å². The summed E-state index contributed by atoms with van der Waals surface area (Å²) in [7, 11) is 0. The molecule has 0 spiro atoms. The average Bonchev–Trinajstić information content (AvgIpc) is 3.47. The molecule has 5 nitrogen and oxygen atoms in total. The minimum absolute atomic E-state index is 0.551. The highest BCUT2D eigenvalue weighted by molar-refractivity contribution is 6.20. The van der Waals surface area contributed by atoms with Crippen LogP contribution >= 0.6 is 0 Å². The Bertz CT molecular complexity index is 2520. The molecule has 43 heavy (non-hydrogen) atoms. The molecule has 0 fully saturated rings. The van der Waals surface area contributed by atoms with E-state index in [4.69, 9.17) is 19.4 Å². The zero-order chi connectivity index (χ0) is 28.3. The second kappa shape index (κ2) is 9.29. The van der Waals surface area contributed by atoms with Crippen molar-refractivity contribution in [3.63, 3.8) is 0 Å². The van der Waals surface area contributed by atoms with Gasteiger partial charge in [-0.25, -0.2) is 15.0 Å². The fraction of sp³-hybridized carbons (Fsp3) is 0. The number of benzene rings is 6. The molecule has 0 saturated heterocycles. The van der Waals surface area contributed by atoms with Crippen LogP contribution in [0.3, 0.4) is 0 Å². The predicted octanol–water partition coefficient (Wildman–Crippen LogP) is 9.63. The SMILES string of the molecule is c1ccc(-c2nc(-c3cc4c5ccccc5ccc4c4ccccc34)nc(-c3cncc4oc5ccccc5c34)n2)cc1. The average molecular weight is 551 g/mol. The number of pyridine rings is 1. The molecule has 0 radical (unpaired) electrons. The van der Waals surface area contributed by atoms with E-state index in [-0.39, 0.29) is 0 Å². The van der Waals surface area contributed by atoms with Gasteiger partial charge in [0.05, 0.1) is 6.20 Å². The van der Waals surface area contributed by atoms with E-state index in [0.29, 0.717) is 23.1 Å². The number of fused-ring (bicyclic) bond motifs is 8. The highest BCUT2D eigenvalue weighted by atomic mass is 16.3. The summed E-state index contributed by atoms with van der Waals surface area (Å²) in [6, 6.07) is 41.7. The van der Waals surface area contributed by atoms with Crippen LogP contribution in [-0.2, 0) is 0 Å². The van der Waals surface area contributed by atoms with Crippen molar-refractivity contribution in [3.05, 3.63) is 134 Å². The van der Waals surface area contributed by atoms with Gasteiger partial charge in [-0.1, -0.05) is 109 Å². The molecule has 3 aromatic heterocycles. The molecule has 0 aliphatic heterocycles. The van der Waals surface area contributed by atoms with Gasteiger partial charge in [-0.15, -0.1) is 0 Å². The monoisotopic (exact) mass is 550 g/mol. The molecule has 3 heterocycles. The van der Waals surface area contributed by atoms with E-state index in [1.807, 2.05) is 54.7 Å². The first-order valence-electron chi connectivity index (χ1n) is 14.2. The van der Waals surface area contributed by atoms with E-state index in [2.05, 4.69) is 77.8 Å². The molecular formula is C38H22N4O. The fourth-order valence-electron chi connectivity index (χ4n) is 6.23. The van der Waals surface area contributed by atoms with Gasteiger partial charge in [-0.05, 0) is 44.5 Å². The zero-order valence-corrected chi connectivity index (χ0v) is 22.9. The molecule has 0 saturated carbocycles. The summed E-state index contributed by atoms with van der Waals surface area (Å²) >= 11 is 0. The smallest absolute Gasteiger partial charge is 0.166 e. The summed E-state index contributed by atoms with van der Waals surface area (Å²) in [6.45, 7) is 0. The maximum Gasteiger partial charge on any atom is 0.166 e. The minimum atomic E-state index is 0.551. The van der Waals surface area contributed by atoms with E-state index in [0.717, 1.165) is 43.8 Å². The molecule has 9 aromatic rings. The molecular weight excluding hydrogens is 528 g/mol. The molecule has 5 heteroatoms. The van der Waals surface area contributed by atoms with Crippen LogP contribution in [0, 0.1) is 0 Å². The number of aromatic nitrogens is 4. The number of hydrogen-bond donors (Lipinski definition) is 0. The third-order valence-electron chi connectivity index (χ3n) is 8.20. The maximum atomic E-state index is 6.16. The number of para-hydroxylation sites is 1. The van der Waals surface area contributed by atoms with Crippen LogP contribution < -0.4 is 0 Å². The number of furan rings is 1. The molecule has 0 aliphatic rings. The Morgan fingerprint density at radius 1 is 0.419 bits per heavy atom. The Morgan fingerprint density at radius 3 is 1.93 bits per heavy atom. The Balaban J connectivity index is 1.39. The van der Waals surface area contributed by atoms with Crippen molar-refractivity contribution in [2.24, 2.45) is 0 Å². The van der Waals surface area contributed by atoms with Crippen LogP contribution in [0.25, 0.3) is 88.4 Å². The summed E-state index contributed by atoms with van der Waals surface area (Å²) in [4.78, 5) is 19.8. The van der Waals surface area contributed by atoms with Crippen LogP contribution in [0.1, 0.15) is 0 Å². The van der Waals surface area contributed by atoms with Gasteiger partial charge in [-0.2, -0.15) is 0 Å². The van der Waals surface area contributed by atoms with Crippen molar-refractivity contribution in [1.29, 1.82) is 0 Å². The van der Waals surface area contributed by atoms with Crippen LogP contribution in [0.15, 0.2) is 138 Å².